The maximum absolute atomic E-state index is 12.5. The zero-order chi connectivity index (χ0) is 21.4. The molecule has 4 nitrogen and oxygen atoms in total. The second kappa shape index (κ2) is 10.6. The fraction of sp³-hybridized carbons (Fsp3) is 0.304. The van der Waals surface area contributed by atoms with Crippen LogP contribution in [0, 0.1) is 5.41 Å². The number of carbonyl (C=O) groups excluding carboxylic acids is 1. The van der Waals surface area contributed by atoms with E-state index in [2.05, 4.69) is 25.8 Å². The van der Waals surface area contributed by atoms with Crippen LogP contribution in [0.1, 0.15) is 43.6 Å². The summed E-state index contributed by atoms with van der Waals surface area (Å²) in [6.45, 7) is 10.2. The molecule has 0 bridgehead atoms. The average molecular weight is 433 g/mol. The molecule has 0 spiro atoms. The van der Waals surface area contributed by atoms with Gasteiger partial charge >= 0.3 is 0 Å². The van der Waals surface area contributed by atoms with Gasteiger partial charge in [0.1, 0.15) is 0 Å². The van der Waals surface area contributed by atoms with Gasteiger partial charge in [0.25, 0.3) is 0 Å². The molecule has 0 aliphatic carbocycles. The van der Waals surface area contributed by atoms with Gasteiger partial charge in [-0.05, 0) is 54.8 Å². The van der Waals surface area contributed by atoms with Crippen LogP contribution >= 0.6 is 23.2 Å². The highest BCUT2D eigenvalue weighted by Crippen LogP contribution is 2.24. The third kappa shape index (κ3) is 7.32. The Morgan fingerprint density at radius 3 is 2.31 bits per heavy atom. The topological polar surface area (TPSA) is 44.1 Å². The molecule has 6 heteroatoms. The van der Waals surface area contributed by atoms with Crippen molar-refractivity contribution in [3.05, 3.63) is 82.4 Å². The predicted molar refractivity (Wildman–Crippen MR) is 119 cm³/mol. The Balaban J connectivity index is 0.000000321. The van der Waals surface area contributed by atoms with Gasteiger partial charge < -0.3 is 9.30 Å². The van der Waals surface area contributed by atoms with Crippen molar-refractivity contribution in [2.24, 2.45) is 5.41 Å². The standard InChI is InChI=1S/C16H10Cl2N2O.C7H16O/c17-12-3-6-15(18)14(9-12)16(21)11-1-4-13(5-2-11)20-8-7-19-10-20;1-5-8-6-7(2,3)4/h1-10H;5-6H2,1-4H3. The minimum absolute atomic E-state index is 0.153. The van der Waals surface area contributed by atoms with E-state index in [0.717, 1.165) is 18.9 Å². The number of aromatic nitrogens is 2. The summed E-state index contributed by atoms with van der Waals surface area (Å²) in [6.07, 6.45) is 5.24. The van der Waals surface area contributed by atoms with Crippen molar-refractivity contribution in [1.29, 1.82) is 0 Å². The van der Waals surface area contributed by atoms with Crippen molar-refractivity contribution >= 4 is 29.0 Å². The Kier molecular flexibility index (Phi) is 8.45. The van der Waals surface area contributed by atoms with Gasteiger partial charge in [0.15, 0.2) is 5.78 Å². The van der Waals surface area contributed by atoms with Crippen molar-refractivity contribution in [3.8, 4) is 5.69 Å². The lowest BCUT2D eigenvalue weighted by Gasteiger charge is -2.16. The number of imidazole rings is 1. The average Bonchev–Trinajstić information content (AvgIpc) is 3.22. The van der Waals surface area contributed by atoms with Crippen LogP contribution in [-0.4, -0.2) is 28.5 Å². The lowest BCUT2D eigenvalue weighted by atomic mass is 9.99. The van der Waals surface area contributed by atoms with Crippen LogP contribution in [0.4, 0.5) is 0 Å². The summed E-state index contributed by atoms with van der Waals surface area (Å²) in [4.78, 5) is 16.4. The molecule has 0 aliphatic rings. The molecule has 1 aromatic heterocycles. The number of hydrogen-bond donors (Lipinski definition) is 0. The van der Waals surface area contributed by atoms with E-state index in [1.165, 1.54) is 0 Å². The summed E-state index contributed by atoms with van der Waals surface area (Å²) in [5.41, 5.74) is 2.22. The molecule has 0 radical (unpaired) electrons. The van der Waals surface area contributed by atoms with Gasteiger partial charge in [0.2, 0.25) is 0 Å². The highest BCUT2D eigenvalue weighted by molar-refractivity contribution is 6.36. The second-order valence-electron chi connectivity index (χ2n) is 7.67. The van der Waals surface area contributed by atoms with Gasteiger partial charge in [0.05, 0.1) is 18.0 Å². The third-order valence-electron chi connectivity index (χ3n) is 3.84. The summed E-state index contributed by atoms with van der Waals surface area (Å²) < 4.78 is 7.06. The smallest absolute Gasteiger partial charge is 0.194 e. The van der Waals surface area contributed by atoms with Gasteiger partial charge in [0, 0.05) is 40.8 Å². The second-order valence-corrected chi connectivity index (χ2v) is 8.51. The fourth-order valence-corrected chi connectivity index (χ4v) is 2.81. The van der Waals surface area contributed by atoms with E-state index in [-0.39, 0.29) is 5.78 Å². The van der Waals surface area contributed by atoms with E-state index in [0.29, 0.717) is 26.6 Å². The quantitative estimate of drug-likeness (QED) is 0.433. The summed E-state index contributed by atoms with van der Waals surface area (Å²) in [5.74, 6) is -0.153. The van der Waals surface area contributed by atoms with Crippen LogP contribution in [0.25, 0.3) is 5.69 Å². The zero-order valence-electron chi connectivity index (χ0n) is 17.2. The molecule has 3 aromatic rings. The van der Waals surface area contributed by atoms with Crippen molar-refractivity contribution < 1.29 is 9.53 Å². The first-order valence-electron chi connectivity index (χ1n) is 9.37. The number of ether oxygens (including phenoxy) is 1. The van der Waals surface area contributed by atoms with Crippen molar-refractivity contribution in [1.82, 2.24) is 9.55 Å². The largest absolute Gasteiger partial charge is 0.381 e. The molecule has 29 heavy (non-hydrogen) atoms. The van der Waals surface area contributed by atoms with Crippen LogP contribution in [-0.2, 0) is 4.74 Å². The number of hydrogen-bond acceptors (Lipinski definition) is 3. The summed E-state index contributed by atoms with van der Waals surface area (Å²) >= 11 is 12.0. The number of halogens is 2. The molecule has 0 aliphatic heterocycles. The van der Waals surface area contributed by atoms with Gasteiger partial charge in [-0.3, -0.25) is 4.79 Å². The van der Waals surface area contributed by atoms with Crippen LogP contribution in [0.15, 0.2) is 61.2 Å². The van der Waals surface area contributed by atoms with E-state index in [4.69, 9.17) is 27.9 Å². The van der Waals surface area contributed by atoms with Gasteiger partial charge in [-0.25, -0.2) is 4.98 Å². The third-order valence-corrected chi connectivity index (χ3v) is 4.41. The van der Waals surface area contributed by atoms with Crippen molar-refractivity contribution in [3.63, 3.8) is 0 Å². The molecule has 3 rings (SSSR count). The van der Waals surface area contributed by atoms with Crippen molar-refractivity contribution in [2.75, 3.05) is 13.2 Å². The van der Waals surface area contributed by atoms with Crippen LogP contribution < -0.4 is 0 Å². The molecule has 0 unspecified atom stereocenters. The summed E-state index contributed by atoms with van der Waals surface area (Å²) in [7, 11) is 0. The molecular formula is C23H26Cl2N2O2. The SMILES string of the molecule is CCOCC(C)(C)C.O=C(c1ccc(-n2ccnc2)cc1)c1cc(Cl)ccc1Cl. The molecule has 154 valence electrons. The molecule has 0 amide bonds. The lowest BCUT2D eigenvalue weighted by molar-refractivity contribution is 0.0805. The van der Waals surface area contributed by atoms with Gasteiger partial charge in [-0.1, -0.05) is 44.0 Å². The Morgan fingerprint density at radius 1 is 1.10 bits per heavy atom. The number of rotatable bonds is 5. The first-order valence-corrected chi connectivity index (χ1v) is 10.1. The molecule has 0 saturated heterocycles. The molecule has 0 atom stereocenters. The first-order chi connectivity index (χ1) is 13.7. The Hall–Kier alpha value is -2.14. The number of benzene rings is 2. The highest BCUT2D eigenvalue weighted by atomic mass is 35.5. The van der Waals surface area contributed by atoms with Crippen LogP contribution in [0.2, 0.25) is 10.0 Å². The predicted octanol–water partition coefficient (Wildman–Crippen LogP) is 6.48. The minimum atomic E-state index is -0.153. The van der Waals surface area contributed by atoms with Crippen LogP contribution in [0.3, 0.4) is 0 Å². The van der Waals surface area contributed by atoms with E-state index >= 15 is 0 Å². The van der Waals surface area contributed by atoms with E-state index < -0.39 is 0 Å². The van der Waals surface area contributed by atoms with E-state index in [1.54, 1.807) is 42.9 Å². The first kappa shape index (κ1) is 23.1. The fourth-order valence-electron chi connectivity index (χ4n) is 2.43. The molecule has 2 aromatic carbocycles. The molecule has 0 N–H and O–H groups in total. The van der Waals surface area contributed by atoms with Crippen LogP contribution in [0.5, 0.6) is 0 Å². The van der Waals surface area contributed by atoms with Gasteiger partial charge in [-0.15, -0.1) is 0 Å². The minimum Gasteiger partial charge on any atom is -0.381 e. The van der Waals surface area contributed by atoms with Crippen molar-refractivity contribution in [2.45, 2.75) is 27.7 Å². The zero-order valence-corrected chi connectivity index (χ0v) is 18.7. The van der Waals surface area contributed by atoms with E-state index in [9.17, 15) is 4.79 Å². The van der Waals surface area contributed by atoms with E-state index in [1.807, 2.05) is 29.8 Å². The Morgan fingerprint density at radius 2 is 1.79 bits per heavy atom. The molecule has 0 fully saturated rings. The lowest BCUT2D eigenvalue weighted by Crippen LogP contribution is -2.14. The summed E-state index contributed by atoms with van der Waals surface area (Å²) in [5, 5.41) is 0.876. The molecule has 0 saturated carbocycles. The van der Waals surface area contributed by atoms with Gasteiger partial charge in [-0.2, -0.15) is 0 Å². The summed E-state index contributed by atoms with van der Waals surface area (Å²) in [6, 6.07) is 12.1. The Labute approximate surface area is 182 Å². The molecule has 1 heterocycles. The number of carbonyl (C=O) groups is 1. The maximum atomic E-state index is 12.5. The molecular weight excluding hydrogens is 407 g/mol. The maximum Gasteiger partial charge on any atom is 0.194 e. The highest BCUT2D eigenvalue weighted by Gasteiger charge is 2.13. The number of ketones is 1. The normalized spacial score (nSPS) is 11.0. The monoisotopic (exact) mass is 432 g/mol. The number of nitrogens with zero attached hydrogens (tertiary/aromatic N) is 2. The Bertz CT molecular complexity index is 915.